The van der Waals surface area contributed by atoms with E-state index in [0.717, 1.165) is 6.42 Å². The van der Waals surface area contributed by atoms with Gasteiger partial charge in [0.2, 0.25) is 20.8 Å². The van der Waals surface area contributed by atoms with E-state index in [1.807, 2.05) is 0 Å². The first-order valence-corrected chi connectivity index (χ1v) is 10.2. The number of anilines is 2. The van der Waals surface area contributed by atoms with Crippen molar-refractivity contribution in [3.8, 4) is 0 Å². The zero-order valence-electron chi connectivity index (χ0n) is 12.9. The minimum Gasteiger partial charge on any atom is -0.338 e. The first-order chi connectivity index (χ1) is 11.8. The van der Waals surface area contributed by atoms with Gasteiger partial charge in [-0.05, 0) is 12.8 Å². The summed E-state index contributed by atoms with van der Waals surface area (Å²) >= 11 is 8.32. The molecule has 136 valence electrons. The molecule has 2 saturated heterocycles. The van der Waals surface area contributed by atoms with Crippen molar-refractivity contribution < 1.29 is 18.4 Å². The summed E-state index contributed by atoms with van der Waals surface area (Å²) in [6.45, 7) is 1.47. The first kappa shape index (κ1) is 18.3. The lowest BCUT2D eigenvalue weighted by Gasteiger charge is -2.27. The summed E-state index contributed by atoms with van der Waals surface area (Å²) in [7, 11) is -3.76. The fourth-order valence-electron chi connectivity index (χ4n) is 2.70. The predicted octanol–water partition coefficient (Wildman–Crippen LogP) is -0.217. The fourth-order valence-corrected chi connectivity index (χ4v) is 3.74. The van der Waals surface area contributed by atoms with Crippen molar-refractivity contribution in [3.63, 3.8) is 0 Å². The van der Waals surface area contributed by atoms with E-state index >= 15 is 0 Å². The first-order valence-electron chi connectivity index (χ1n) is 7.43. The number of hydrogen-bond acceptors (Lipinski definition) is 7. The molecule has 13 heteroatoms. The second kappa shape index (κ2) is 6.99. The Bertz CT molecular complexity index is 787. The van der Waals surface area contributed by atoms with Crippen molar-refractivity contribution in [2.24, 2.45) is 0 Å². The van der Waals surface area contributed by atoms with E-state index in [1.54, 1.807) is 0 Å². The molecule has 0 aromatic carbocycles. The molecule has 1 aromatic heterocycles. The fraction of sp³-hybridized carbons (Fsp3) is 0.500. The molecule has 3 rings (SSSR count). The van der Waals surface area contributed by atoms with Gasteiger partial charge in [0.15, 0.2) is 0 Å². The molecule has 0 radical (unpaired) electrons. The number of thiol groups is 1. The van der Waals surface area contributed by atoms with Gasteiger partial charge in [-0.25, -0.2) is 19.0 Å². The van der Waals surface area contributed by atoms with E-state index in [2.05, 4.69) is 39.3 Å². The molecule has 0 saturated carbocycles. The van der Waals surface area contributed by atoms with Crippen LogP contribution < -0.4 is 15.1 Å². The van der Waals surface area contributed by atoms with Gasteiger partial charge in [0.25, 0.3) is 0 Å². The highest BCUT2D eigenvalue weighted by molar-refractivity contribution is 8.30. The van der Waals surface area contributed by atoms with Crippen molar-refractivity contribution in [3.05, 3.63) is 12.4 Å². The highest BCUT2D eigenvalue weighted by atomic mass is 32.9. The van der Waals surface area contributed by atoms with Gasteiger partial charge in [-0.3, -0.25) is 19.1 Å². The molecule has 2 atom stereocenters. The Hall–Kier alpha value is -1.54. The minimum absolute atomic E-state index is 0.157. The third-order valence-corrected chi connectivity index (χ3v) is 6.42. The molecule has 2 fully saturated rings. The van der Waals surface area contributed by atoms with Crippen LogP contribution in [0.1, 0.15) is 12.8 Å². The van der Waals surface area contributed by atoms with E-state index in [4.69, 9.17) is 0 Å². The largest absolute Gasteiger partial charge is 0.338 e. The summed E-state index contributed by atoms with van der Waals surface area (Å²) in [5.41, 5.74) is 0.531. The number of carbonyl (C=O) groups excluding carboxylic acids is 2. The molecule has 2 aliphatic rings. The van der Waals surface area contributed by atoms with Gasteiger partial charge in [-0.2, -0.15) is 0 Å². The Morgan fingerprint density at radius 1 is 1.32 bits per heavy atom. The van der Waals surface area contributed by atoms with Crippen molar-refractivity contribution in [1.29, 1.82) is 0 Å². The molecular weight excluding hydrogens is 388 g/mol. The highest BCUT2D eigenvalue weighted by Gasteiger charge is 2.40. The second-order valence-electron chi connectivity index (χ2n) is 5.52. The van der Waals surface area contributed by atoms with Crippen LogP contribution >= 0.6 is 12.8 Å². The summed E-state index contributed by atoms with van der Waals surface area (Å²) in [5, 5.41) is 2.73. The summed E-state index contributed by atoms with van der Waals surface area (Å²) in [6.07, 6.45) is 4.03. The number of nitrogens with zero attached hydrogens (tertiary/aromatic N) is 5. The van der Waals surface area contributed by atoms with Crippen molar-refractivity contribution >= 4 is 56.5 Å². The Labute approximate surface area is 154 Å². The van der Waals surface area contributed by atoms with Crippen LogP contribution in [0.15, 0.2) is 12.4 Å². The predicted molar refractivity (Wildman–Crippen MR) is 97.1 cm³/mol. The summed E-state index contributed by atoms with van der Waals surface area (Å²) in [5.74, 6) is -0.297. The zero-order valence-corrected chi connectivity index (χ0v) is 15.5. The van der Waals surface area contributed by atoms with Crippen LogP contribution in [-0.2, 0) is 24.9 Å². The van der Waals surface area contributed by atoms with E-state index in [0.29, 0.717) is 22.5 Å². The molecule has 0 bridgehead atoms. The lowest BCUT2D eigenvalue weighted by molar-refractivity contribution is -0.119. The normalized spacial score (nSPS) is 23.7. The maximum atomic E-state index is 12.4. The molecule has 25 heavy (non-hydrogen) atoms. The summed E-state index contributed by atoms with van der Waals surface area (Å²) in [4.78, 5) is 35.4. The third-order valence-electron chi connectivity index (χ3n) is 3.94. The lowest BCUT2D eigenvalue weighted by Crippen LogP contribution is -2.46. The molecule has 3 heterocycles. The standard InChI is InChI=1S/C12H16N6O4S3/c19-10-9(18(23)25(21,22)24)2-5-17(10)11-14-6-8(7-15-11)16-4-1-3-13-12(16)20/h6-7,9,23H,1-5H2,(H,13,20)(H,21,22,24). The molecule has 2 unspecified atom stereocenters. The average Bonchev–Trinajstić information content (AvgIpc) is 2.95. The lowest BCUT2D eigenvalue weighted by atomic mass is 10.3. The van der Waals surface area contributed by atoms with Crippen LogP contribution in [0.25, 0.3) is 0 Å². The number of nitrogens with one attached hydrogen (secondary N) is 1. The quantitative estimate of drug-likeness (QED) is 0.594. The van der Waals surface area contributed by atoms with Crippen molar-refractivity contribution in [2.75, 3.05) is 29.4 Å². The molecule has 10 nitrogen and oxygen atoms in total. The van der Waals surface area contributed by atoms with E-state index < -0.39 is 20.9 Å². The maximum absolute atomic E-state index is 12.4. The topological polar surface area (TPSA) is 119 Å². The van der Waals surface area contributed by atoms with Gasteiger partial charge in [0, 0.05) is 30.8 Å². The van der Waals surface area contributed by atoms with Crippen LogP contribution in [0.4, 0.5) is 16.4 Å². The summed E-state index contributed by atoms with van der Waals surface area (Å²) < 4.78 is 21.6. The number of aromatic nitrogens is 2. The van der Waals surface area contributed by atoms with Crippen LogP contribution in [0, 0.1) is 0 Å². The molecule has 2 aliphatic heterocycles. The van der Waals surface area contributed by atoms with Gasteiger partial charge in [0.1, 0.15) is 6.04 Å². The van der Waals surface area contributed by atoms with Gasteiger partial charge in [0.05, 0.1) is 18.1 Å². The average molecular weight is 404 g/mol. The van der Waals surface area contributed by atoms with Gasteiger partial charge in [-0.15, -0.1) is 3.71 Å². The number of hydrogen-bond donors (Lipinski definition) is 3. The maximum Gasteiger partial charge on any atom is 0.321 e. The zero-order chi connectivity index (χ0) is 18.2. The van der Waals surface area contributed by atoms with Gasteiger partial charge in [-0.1, -0.05) is 12.8 Å². The van der Waals surface area contributed by atoms with E-state index in [1.165, 1.54) is 22.2 Å². The Kier molecular flexibility index (Phi) is 5.11. The molecule has 1 aromatic rings. The monoisotopic (exact) mass is 404 g/mol. The third kappa shape index (κ3) is 3.69. The smallest absolute Gasteiger partial charge is 0.321 e. The Morgan fingerprint density at radius 3 is 2.60 bits per heavy atom. The van der Waals surface area contributed by atoms with Crippen molar-refractivity contribution in [1.82, 2.24) is 19.0 Å². The molecule has 3 amide bonds. The number of carbonyl (C=O) groups is 2. The van der Waals surface area contributed by atoms with E-state index in [9.17, 15) is 18.4 Å². The van der Waals surface area contributed by atoms with Crippen LogP contribution in [0.2, 0.25) is 0 Å². The number of amides is 3. The van der Waals surface area contributed by atoms with Crippen LogP contribution in [0.3, 0.4) is 0 Å². The molecule has 0 aliphatic carbocycles. The van der Waals surface area contributed by atoms with E-state index in [-0.39, 0.29) is 24.9 Å². The molecular formula is C12H16N6O4S3. The molecule has 2 N–H and O–H groups in total. The Morgan fingerprint density at radius 2 is 2.00 bits per heavy atom. The van der Waals surface area contributed by atoms with Crippen molar-refractivity contribution in [2.45, 2.75) is 18.9 Å². The van der Waals surface area contributed by atoms with Crippen LogP contribution in [0.5, 0.6) is 0 Å². The van der Waals surface area contributed by atoms with Gasteiger partial charge >= 0.3 is 6.03 Å². The SMILES string of the molecule is O=C1NCCCN1c1cnc(N2CCC(N(S)S(=O)(O)=S)C2=O)nc1. The van der Waals surface area contributed by atoms with Gasteiger partial charge < -0.3 is 5.32 Å². The second-order valence-corrected chi connectivity index (χ2v) is 8.82. The highest BCUT2D eigenvalue weighted by Crippen LogP contribution is 2.25. The number of rotatable bonds is 4. The summed E-state index contributed by atoms with van der Waals surface area (Å²) in [6, 6.07) is -1.14. The molecule has 0 spiro atoms. The Balaban J connectivity index is 1.75. The minimum atomic E-state index is -3.76. The van der Waals surface area contributed by atoms with Crippen LogP contribution in [-0.4, -0.2) is 60.1 Å². The number of urea groups is 1.